The zero-order chi connectivity index (χ0) is 26.4. The number of benzene rings is 2. The Kier molecular flexibility index (Phi) is 6.75. The van der Waals surface area contributed by atoms with Crippen molar-refractivity contribution < 1.29 is 28.2 Å². The van der Waals surface area contributed by atoms with E-state index in [0.29, 0.717) is 22.8 Å². The van der Waals surface area contributed by atoms with E-state index < -0.39 is 29.4 Å². The summed E-state index contributed by atoms with van der Waals surface area (Å²) in [5.74, 6) is -3.72. The highest BCUT2D eigenvalue weighted by Gasteiger charge is 2.48. The summed E-state index contributed by atoms with van der Waals surface area (Å²) in [6, 6.07) is 8.99. The molecule has 188 valence electrons. The van der Waals surface area contributed by atoms with Gasteiger partial charge in [0.2, 0.25) is 0 Å². The van der Waals surface area contributed by atoms with Gasteiger partial charge in [-0.15, -0.1) is 11.3 Å². The van der Waals surface area contributed by atoms with E-state index >= 15 is 0 Å². The lowest BCUT2D eigenvalue weighted by molar-refractivity contribution is -0.132. The van der Waals surface area contributed by atoms with Crippen molar-refractivity contribution in [3.63, 3.8) is 0 Å². The number of hydrogen-bond acceptors (Lipinski definition) is 5. The number of aliphatic hydroxyl groups excluding tert-OH is 1. The Bertz CT molecular complexity index is 1390. The zero-order valence-corrected chi connectivity index (χ0v) is 21.5. The molecule has 1 fully saturated rings. The van der Waals surface area contributed by atoms with E-state index in [4.69, 9.17) is 4.74 Å². The molecule has 1 N–H and O–H groups in total. The number of aliphatic hydroxyl groups is 1. The van der Waals surface area contributed by atoms with E-state index in [1.54, 1.807) is 18.2 Å². The standard InChI is InChI=1S/C28H27F2NO4S/c1-6-35-21-10-7-16(13-18(21)28(3,4)5)24(32)22-23(26-15(2)11-12-36-26)31(27(34)25(22)33)17-8-9-19(29)20(30)14-17/h7-14,23,32H,6H2,1-5H3/b24-22-. The Morgan fingerprint density at radius 2 is 1.81 bits per heavy atom. The van der Waals surface area contributed by atoms with Crippen molar-refractivity contribution in [2.24, 2.45) is 0 Å². The highest BCUT2D eigenvalue weighted by molar-refractivity contribution is 7.10. The van der Waals surface area contributed by atoms with Crippen molar-refractivity contribution in [2.75, 3.05) is 11.5 Å². The molecule has 36 heavy (non-hydrogen) atoms. The summed E-state index contributed by atoms with van der Waals surface area (Å²) in [5, 5.41) is 13.3. The topological polar surface area (TPSA) is 66.8 Å². The smallest absolute Gasteiger partial charge is 0.300 e. The summed E-state index contributed by atoms with van der Waals surface area (Å²) in [6.07, 6.45) is 0. The van der Waals surface area contributed by atoms with Gasteiger partial charge in [0.05, 0.1) is 12.2 Å². The van der Waals surface area contributed by atoms with Crippen LogP contribution in [-0.2, 0) is 15.0 Å². The van der Waals surface area contributed by atoms with Crippen LogP contribution in [-0.4, -0.2) is 23.4 Å². The van der Waals surface area contributed by atoms with Gasteiger partial charge in [-0.3, -0.25) is 14.5 Å². The molecule has 8 heteroatoms. The number of hydrogen-bond donors (Lipinski definition) is 1. The summed E-state index contributed by atoms with van der Waals surface area (Å²) >= 11 is 1.31. The number of aryl methyl sites for hydroxylation is 1. The van der Waals surface area contributed by atoms with Gasteiger partial charge in [-0.1, -0.05) is 20.8 Å². The lowest BCUT2D eigenvalue weighted by atomic mass is 9.84. The first kappa shape index (κ1) is 25.6. The molecule has 0 radical (unpaired) electrons. The van der Waals surface area contributed by atoms with Crippen molar-refractivity contribution in [3.8, 4) is 5.75 Å². The molecule has 1 aliphatic heterocycles. The van der Waals surface area contributed by atoms with Crippen LogP contribution in [0.15, 0.2) is 53.4 Å². The molecule has 4 rings (SSSR count). The van der Waals surface area contributed by atoms with Crippen LogP contribution in [0.1, 0.15) is 55.3 Å². The van der Waals surface area contributed by atoms with Crippen LogP contribution in [0.5, 0.6) is 5.75 Å². The molecule has 0 saturated carbocycles. The fraction of sp³-hybridized carbons (Fsp3) is 0.286. The molecule has 2 heterocycles. The third kappa shape index (κ3) is 4.41. The Morgan fingerprint density at radius 3 is 2.39 bits per heavy atom. The number of nitrogens with zero attached hydrogens (tertiary/aromatic N) is 1. The second kappa shape index (κ2) is 9.50. The SMILES string of the molecule is CCOc1ccc(/C(O)=C2/C(=O)C(=O)N(c3ccc(F)c(F)c3)C2c2sccc2C)cc1C(C)(C)C. The molecule has 1 aromatic heterocycles. The molecule has 5 nitrogen and oxygen atoms in total. The number of carbonyl (C=O) groups is 2. The Labute approximate surface area is 212 Å². The lowest BCUT2D eigenvalue weighted by Crippen LogP contribution is -2.29. The molecule has 1 atom stereocenters. The molecule has 2 aromatic carbocycles. The highest BCUT2D eigenvalue weighted by Crippen LogP contribution is 2.45. The molecule has 0 spiro atoms. The van der Waals surface area contributed by atoms with Crippen molar-refractivity contribution in [1.82, 2.24) is 0 Å². The fourth-order valence-electron chi connectivity index (χ4n) is 4.35. The largest absolute Gasteiger partial charge is 0.507 e. The van der Waals surface area contributed by atoms with E-state index in [-0.39, 0.29) is 22.4 Å². The number of anilines is 1. The van der Waals surface area contributed by atoms with Gasteiger partial charge in [-0.2, -0.15) is 0 Å². The van der Waals surface area contributed by atoms with E-state index in [1.807, 2.05) is 46.1 Å². The normalized spacial score (nSPS) is 17.6. The third-order valence-corrected chi connectivity index (χ3v) is 7.21. The van der Waals surface area contributed by atoms with Gasteiger partial charge in [0.25, 0.3) is 11.7 Å². The first-order valence-corrected chi connectivity index (χ1v) is 12.4. The minimum atomic E-state index is -1.14. The first-order chi connectivity index (χ1) is 17.0. The molecule has 3 aromatic rings. The fourth-order valence-corrected chi connectivity index (χ4v) is 5.37. The molecular weight excluding hydrogens is 484 g/mol. The maximum absolute atomic E-state index is 14.1. The van der Waals surface area contributed by atoms with Crippen LogP contribution in [0.25, 0.3) is 5.76 Å². The number of ketones is 1. The Morgan fingerprint density at radius 1 is 1.08 bits per heavy atom. The van der Waals surface area contributed by atoms with Crippen LogP contribution in [0.2, 0.25) is 0 Å². The minimum absolute atomic E-state index is 0.0231. The number of carbonyl (C=O) groups excluding carboxylic acids is 2. The summed E-state index contributed by atoms with van der Waals surface area (Å²) < 4.78 is 33.5. The van der Waals surface area contributed by atoms with Crippen LogP contribution in [0.3, 0.4) is 0 Å². The van der Waals surface area contributed by atoms with Gasteiger partial charge in [0, 0.05) is 27.8 Å². The van der Waals surface area contributed by atoms with E-state index in [2.05, 4.69) is 0 Å². The third-order valence-electron chi connectivity index (χ3n) is 6.14. The Balaban J connectivity index is 1.95. The van der Waals surface area contributed by atoms with Crippen LogP contribution in [0, 0.1) is 18.6 Å². The summed E-state index contributed by atoms with van der Waals surface area (Å²) in [4.78, 5) is 28.3. The molecule has 1 saturated heterocycles. The molecular formula is C28H27F2NO4S. The molecule has 0 aliphatic carbocycles. The molecule has 1 aliphatic rings. The van der Waals surface area contributed by atoms with Crippen LogP contribution >= 0.6 is 11.3 Å². The predicted molar refractivity (Wildman–Crippen MR) is 137 cm³/mol. The van der Waals surface area contributed by atoms with Gasteiger partial charge < -0.3 is 9.84 Å². The minimum Gasteiger partial charge on any atom is -0.507 e. The first-order valence-electron chi connectivity index (χ1n) is 11.5. The van der Waals surface area contributed by atoms with Crippen LogP contribution < -0.4 is 9.64 Å². The number of Topliss-reactive ketones (excluding diaryl/α,β-unsaturated/α-hetero) is 1. The second-order valence-corrected chi connectivity index (χ2v) is 10.6. The summed E-state index contributed by atoms with van der Waals surface area (Å²) in [5.41, 5.74) is 1.56. The quantitative estimate of drug-likeness (QED) is 0.236. The zero-order valence-electron chi connectivity index (χ0n) is 20.7. The number of thiophene rings is 1. The van der Waals surface area contributed by atoms with Crippen molar-refractivity contribution >= 4 is 34.5 Å². The number of ether oxygens (including phenoxy) is 1. The van der Waals surface area contributed by atoms with E-state index in [1.165, 1.54) is 17.4 Å². The van der Waals surface area contributed by atoms with E-state index in [0.717, 1.165) is 28.2 Å². The lowest BCUT2D eigenvalue weighted by Gasteiger charge is -2.26. The highest BCUT2D eigenvalue weighted by atomic mass is 32.1. The number of rotatable bonds is 5. The second-order valence-electron chi connectivity index (χ2n) is 9.63. The predicted octanol–water partition coefficient (Wildman–Crippen LogP) is 6.66. The average Bonchev–Trinajstić information content (AvgIpc) is 3.35. The van der Waals surface area contributed by atoms with Gasteiger partial charge in [0.15, 0.2) is 11.6 Å². The molecule has 1 unspecified atom stereocenters. The number of amides is 1. The summed E-state index contributed by atoms with van der Waals surface area (Å²) in [6.45, 7) is 10.2. The number of halogens is 2. The van der Waals surface area contributed by atoms with Crippen molar-refractivity contribution in [1.29, 1.82) is 0 Å². The Hall–Kier alpha value is -3.52. The van der Waals surface area contributed by atoms with Gasteiger partial charge in [-0.05, 0) is 66.6 Å². The van der Waals surface area contributed by atoms with E-state index in [9.17, 15) is 23.5 Å². The maximum Gasteiger partial charge on any atom is 0.300 e. The average molecular weight is 512 g/mol. The van der Waals surface area contributed by atoms with Crippen molar-refractivity contribution in [3.05, 3.63) is 86.6 Å². The molecule has 0 bridgehead atoms. The monoisotopic (exact) mass is 511 g/mol. The summed E-state index contributed by atoms with van der Waals surface area (Å²) in [7, 11) is 0. The van der Waals surface area contributed by atoms with Crippen molar-refractivity contribution in [2.45, 2.75) is 46.1 Å². The van der Waals surface area contributed by atoms with Gasteiger partial charge in [-0.25, -0.2) is 8.78 Å². The van der Waals surface area contributed by atoms with Crippen LogP contribution in [0.4, 0.5) is 14.5 Å². The molecule has 1 amide bonds. The van der Waals surface area contributed by atoms with Gasteiger partial charge in [0.1, 0.15) is 17.6 Å². The maximum atomic E-state index is 14.1. The van der Waals surface area contributed by atoms with Gasteiger partial charge >= 0.3 is 0 Å².